The highest BCUT2D eigenvalue weighted by atomic mass is 32.2. The molecule has 0 amide bonds. The molecule has 1 heterocycles. The van der Waals surface area contributed by atoms with Gasteiger partial charge in [0, 0.05) is 25.4 Å². The Bertz CT molecular complexity index is 366. The molecule has 1 atom stereocenters. The van der Waals surface area contributed by atoms with Gasteiger partial charge in [-0.05, 0) is 27.0 Å². The Balaban J connectivity index is 2.96. The van der Waals surface area contributed by atoms with E-state index in [9.17, 15) is 0 Å². The van der Waals surface area contributed by atoms with Crippen molar-refractivity contribution in [3.8, 4) is 6.01 Å². The van der Waals surface area contributed by atoms with Gasteiger partial charge in [0.1, 0.15) is 0 Å². The number of hydrogen-bond acceptors (Lipinski definition) is 7. The predicted octanol–water partition coefficient (Wildman–Crippen LogP) is 1.89. The van der Waals surface area contributed by atoms with Crippen LogP contribution in [0.5, 0.6) is 6.01 Å². The van der Waals surface area contributed by atoms with Crippen LogP contribution in [0.4, 0.5) is 11.9 Å². The topological polar surface area (TPSA) is 63.2 Å². The summed E-state index contributed by atoms with van der Waals surface area (Å²) in [5.74, 6) is 2.21. The molecule has 0 radical (unpaired) electrons. The van der Waals surface area contributed by atoms with Crippen LogP contribution >= 0.6 is 11.8 Å². The molecule has 0 saturated carbocycles. The highest BCUT2D eigenvalue weighted by molar-refractivity contribution is 7.98. The summed E-state index contributed by atoms with van der Waals surface area (Å²) in [6, 6.07) is 0.716. The van der Waals surface area contributed by atoms with E-state index in [1.165, 1.54) is 0 Å². The fraction of sp³-hybridized carbons (Fsp3) is 0.750. The van der Waals surface area contributed by atoms with Crippen molar-refractivity contribution in [1.82, 2.24) is 15.0 Å². The van der Waals surface area contributed by atoms with E-state index < -0.39 is 0 Å². The first-order chi connectivity index (χ1) is 9.12. The van der Waals surface area contributed by atoms with Crippen LogP contribution < -0.4 is 15.0 Å². The molecule has 6 nitrogen and oxygen atoms in total. The Hall–Kier alpha value is -1.24. The molecular weight excluding hydrogens is 262 g/mol. The first kappa shape index (κ1) is 15.8. The van der Waals surface area contributed by atoms with Gasteiger partial charge in [-0.25, -0.2) is 0 Å². The number of ether oxygens (including phenoxy) is 1. The van der Waals surface area contributed by atoms with Crippen molar-refractivity contribution < 1.29 is 4.74 Å². The van der Waals surface area contributed by atoms with E-state index in [2.05, 4.69) is 33.4 Å². The van der Waals surface area contributed by atoms with Gasteiger partial charge in [0.2, 0.25) is 11.9 Å². The summed E-state index contributed by atoms with van der Waals surface area (Å²) in [7, 11) is 1.99. The van der Waals surface area contributed by atoms with Crippen LogP contribution in [0.25, 0.3) is 0 Å². The fourth-order valence-electron chi connectivity index (χ4n) is 1.48. The average Bonchev–Trinajstić information content (AvgIpc) is 2.38. The molecule has 0 aliphatic rings. The van der Waals surface area contributed by atoms with E-state index in [4.69, 9.17) is 4.74 Å². The van der Waals surface area contributed by atoms with Crippen LogP contribution in [-0.4, -0.2) is 53.2 Å². The number of nitrogens with zero attached hydrogens (tertiary/aromatic N) is 4. The maximum atomic E-state index is 5.39. The largest absolute Gasteiger partial charge is 0.464 e. The quantitative estimate of drug-likeness (QED) is 0.782. The highest BCUT2D eigenvalue weighted by Gasteiger charge is 2.15. The highest BCUT2D eigenvalue weighted by Crippen LogP contribution is 2.17. The minimum atomic E-state index is 0.348. The number of anilines is 2. The van der Waals surface area contributed by atoms with E-state index >= 15 is 0 Å². The van der Waals surface area contributed by atoms with Crippen molar-refractivity contribution in [1.29, 1.82) is 0 Å². The molecule has 0 bridgehead atoms. The summed E-state index contributed by atoms with van der Waals surface area (Å²) in [5, 5.41) is 3.10. The standard InChI is InChI=1S/C12H23N5OS/c1-6-13-10-14-11(16-12(15-10)18-7-2)17(4)9(3)8-19-5/h9H,6-8H2,1-5H3,(H,13,14,15,16). The molecule has 0 spiro atoms. The minimum absolute atomic E-state index is 0.348. The van der Waals surface area contributed by atoms with Crippen molar-refractivity contribution in [2.75, 3.05) is 42.4 Å². The van der Waals surface area contributed by atoms with Crippen molar-refractivity contribution in [3.05, 3.63) is 0 Å². The second-order valence-electron chi connectivity index (χ2n) is 4.12. The maximum absolute atomic E-state index is 5.39. The second-order valence-corrected chi connectivity index (χ2v) is 5.03. The number of nitrogens with one attached hydrogen (secondary N) is 1. The zero-order valence-corrected chi connectivity index (χ0v) is 13.1. The summed E-state index contributed by atoms with van der Waals surface area (Å²) in [6.07, 6.45) is 2.09. The zero-order valence-electron chi connectivity index (χ0n) is 12.3. The summed E-state index contributed by atoms with van der Waals surface area (Å²) >= 11 is 1.80. The molecule has 7 heteroatoms. The molecule has 0 saturated heterocycles. The monoisotopic (exact) mass is 285 g/mol. The molecule has 0 aliphatic carbocycles. The minimum Gasteiger partial charge on any atom is -0.464 e. The van der Waals surface area contributed by atoms with Crippen LogP contribution in [0, 0.1) is 0 Å². The Morgan fingerprint density at radius 1 is 1.32 bits per heavy atom. The van der Waals surface area contributed by atoms with Crippen LogP contribution in [0.2, 0.25) is 0 Å². The molecule has 1 N–H and O–H groups in total. The van der Waals surface area contributed by atoms with Crippen LogP contribution in [0.15, 0.2) is 0 Å². The predicted molar refractivity (Wildman–Crippen MR) is 81.4 cm³/mol. The first-order valence-corrected chi connectivity index (χ1v) is 7.86. The van der Waals surface area contributed by atoms with Crippen LogP contribution in [-0.2, 0) is 0 Å². The van der Waals surface area contributed by atoms with Gasteiger partial charge in [0.05, 0.1) is 6.61 Å². The van der Waals surface area contributed by atoms with Crippen molar-refractivity contribution in [2.24, 2.45) is 0 Å². The second kappa shape index (κ2) is 8.04. The number of aromatic nitrogens is 3. The molecule has 108 valence electrons. The molecule has 19 heavy (non-hydrogen) atoms. The number of hydrogen-bond donors (Lipinski definition) is 1. The Morgan fingerprint density at radius 2 is 2.05 bits per heavy atom. The lowest BCUT2D eigenvalue weighted by Crippen LogP contribution is -2.32. The Morgan fingerprint density at radius 3 is 2.63 bits per heavy atom. The summed E-state index contributed by atoms with van der Waals surface area (Å²) in [4.78, 5) is 15.0. The van der Waals surface area contributed by atoms with E-state index in [1.807, 2.05) is 25.8 Å². The molecule has 1 aromatic heterocycles. The van der Waals surface area contributed by atoms with Gasteiger partial charge >= 0.3 is 6.01 Å². The summed E-state index contributed by atoms with van der Waals surface area (Å²) < 4.78 is 5.39. The summed E-state index contributed by atoms with van der Waals surface area (Å²) in [6.45, 7) is 7.37. The van der Waals surface area contributed by atoms with Gasteiger partial charge < -0.3 is 15.0 Å². The van der Waals surface area contributed by atoms with Gasteiger partial charge in [-0.15, -0.1) is 0 Å². The molecule has 0 aromatic carbocycles. The van der Waals surface area contributed by atoms with Crippen molar-refractivity contribution in [2.45, 2.75) is 26.8 Å². The molecule has 0 aliphatic heterocycles. The molecule has 0 fully saturated rings. The van der Waals surface area contributed by atoms with Gasteiger partial charge in [-0.1, -0.05) is 0 Å². The molecular formula is C12H23N5OS. The molecule has 1 rings (SSSR count). The van der Waals surface area contributed by atoms with E-state index in [0.717, 1.165) is 12.3 Å². The normalized spacial score (nSPS) is 12.1. The molecule has 1 unspecified atom stereocenters. The van der Waals surface area contributed by atoms with Gasteiger partial charge in [-0.3, -0.25) is 0 Å². The third-order valence-corrected chi connectivity index (χ3v) is 3.41. The maximum Gasteiger partial charge on any atom is 0.323 e. The third-order valence-electron chi connectivity index (χ3n) is 2.60. The molecule has 1 aromatic rings. The lowest BCUT2D eigenvalue weighted by atomic mass is 10.3. The Kier molecular flexibility index (Phi) is 6.69. The third kappa shape index (κ3) is 4.74. The van der Waals surface area contributed by atoms with Crippen molar-refractivity contribution in [3.63, 3.8) is 0 Å². The van der Waals surface area contributed by atoms with Gasteiger partial charge in [-0.2, -0.15) is 26.7 Å². The van der Waals surface area contributed by atoms with Crippen LogP contribution in [0.3, 0.4) is 0 Å². The SMILES string of the molecule is CCNc1nc(OCC)nc(N(C)C(C)CSC)n1. The van der Waals surface area contributed by atoms with E-state index in [0.29, 0.717) is 30.6 Å². The average molecular weight is 285 g/mol. The van der Waals surface area contributed by atoms with Crippen LogP contribution in [0.1, 0.15) is 20.8 Å². The van der Waals surface area contributed by atoms with Crippen molar-refractivity contribution >= 4 is 23.7 Å². The fourth-order valence-corrected chi connectivity index (χ4v) is 2.19. The van der Waals surface area contributed by atoms with E-state index in [1.54, 1.807) is 11.8 Å². The Labute approximate surface area is 119 Å². The van der Waals surface area contributed by atoms with E-state index in [-0.39, 0.29) is 0 Å². The smallest absolute Gasteiger partial charge is 0.323 e. The van der Waals surface area contributed by atoms with Gasteiger partial charge in [0.25, 0.3) is 0 Å². The van der Waals surface area contributed by atoms with Gasteiger partial charge in [0.15, 0.2) is 0 Å². The first-order valence-electron chi connectivity index (χ1n) is 6.46. The number of rotatable bonds is 8. The lowest BCUT2D eigenvalue weighted by Gasteiger charge is -2.24. The number of thioether (sulfide) groups is 1. The lowest BCUT2D eigenvalue weighted by molar-refractivity contribution is 0.312. The summed E-state index contributed by atoms with van der Waals surface area (Å²) in [5.41, 5.74) is 0. The zero-order chi connectivity index (χ0) is 14.3.